The first-order valence-corrected chi connectivity index (χ1v) is 12.2. The van der Waals surface area contributed by atoms with Crippen molar-refractivity contribution in [3.63, 3.8) is 0 Å². The summed E-state index contributed by atoms with van der Waals surface area (Å²) in [4.78, 5) is 43.9. The topological polar surface area (TPSA) is 117 Å². The van der Waals surface area contributed by atoms with Crippen LogP contribution in [0.2, 0.25) is 5.02 Å². The van der Waals surface area contributed by atoms with Crippen molar-refractivity contribution in [2.45, 2.75) is 31.7 Å². The zero-order valence-electron chi connectivity index (χ0n) is 19.4. The van der Waals surface area contributed by atoms with Gasteiger partial charge in [-0.1, -0.05) is 11.6 Å². The molecule has 3 saturated carbocycles. The molecule has 4 heterocycles. The van der Waals surface area contributed by atoms with Crippen LogP contribution in [-0.2, 0) is 4.79 Å². The summed E-state index contributed by atoms with van der Waals surface area (Å²) in [5.41, 5.74) is 2.46. The van der Waals surface area contributed by atoms with Gasteiger partial charge >= 0.3 is 5.97 Å². The lowest BCUT2D eigenvalue weighted by molar-refractivity contribution is -0.151. The molecule has 4 aromatic rings. The van der Waals surface area contributed by atoms with E-state index in [0.29, 0.717) is 33.1 Å². The van der Waals surface area contributed by atoms with Crippen molar-refractivity contribution < 1.29 is 14.7 Å². The van der Waals surface area contributed by atoms with Crippen LogP contribution in [-0.4, -0.2) is 60.5 Å². The molecule has 0 unspecified atom stereocenters. The second-order valence-electron chi connectivity index (χ2n) is 9.86. The number of nitrogens with one attached hydrogen (secondary N) is 1. The van der Waals surface area contributed by atoms with E-state index in [4.69, 9.17) is 16.6 Å². The third-order valence-corrected chi connectivity index (χ3v) is 7.94. The molecule has 3 aliphatic rings. The SMILES string of the molecule is CN(C)C(=O)c1cn([C@@H]2C3CCC(CC3)[C@H]2C(=O)O)c2nc(-c3c[nH]c4ncc(Cl)cc34)ncc12. The predicted molar refractivity (Wildman–Crippen MR) is 131 cm³/mol. The monoisotopic (exact) mass is 492 g/mol. The smallest absolute Gasteiger partial charge is 0.308 e. The average Bonchev–Trinajstić information content (AvgIpc) is 3.44. The second kappa shape index (κ2) is 8.05. The fraction of sp³-hybridized carbons (Fsp3) is 0.400. The molecule has 3 aliphatic carbocycles. The quantitative estimate of drug-likeness (QED) is 0.436. The number of rotatable bonds is 4. The Labute approximate surface area is 206 Å². The van der Waals surface area contributed by atoms with E-state index in [0.717, 1.165) is 36.6 Å². The molecule has 4 aromatic heterocycles. The van der Waals surface area contributed by atoms with Crippen LogP contribution in [0.4, 0.5) is 0 Å². The minimum atomic E-state index is -0.779. The van der Waals surface area contributed by atoms with Crippen molar-refractivity contribution in [1.82, 2.24) is 29.4 Å². The van der Waals surface area contributed by atoms with Gasteiger partial charge in [0.25, 0.3) is 5.91 Å². The molecule has 2 N–H and O–H groups in total. The minimum absolute atomic E-state index is 0.135. The number of carbonyl (C=O) groups is 2. The summed E-state index contributed by atoms with van der Waals surface area (Å²) in [7, 11) is 3.40. The molecule has 0 aliphatic heterocycles. The third kappa shape index (κ3) is 3.40. The van der Waals surface area contributed by atoms with Gasteiger partial charge in [0.2, 0.25) is 0 Å². The van der Waals surface area contributed by atoms with Gasteiger partial charge in [-0.15, -0.1) is 0 Å². The van der Waals surface area contributed by atoms with Crippen LogP contribution in [0.5, 0.6) is 0 Å². The molecule has 3 fully saturated rings. The fourth-order valence-corrected chi connectivity index (χ4v) is 6.28. The van der Waals surface area contributed by atoms with E-state index >= 15 is 0 Å². The minimum Gasteiger partial charge on any atom is -0.481 e. The van der Waals surface area contributed by atoms with E-state index in [2.05, 4.69) is 15.0 Å². The average molecular weight is 493 g/mol. The van der Waals surface area contributed by atoms with Crippen LogP contribution >= 0.6 is 11.6 Å². The summed E-state index contributed by atoms with van der Waals surface area (Å²) in [6, 6.07) is 1.55. The van der Waals surface area contributed by atoms with Gasteiger partial charge in [-0.3, -0.25) is 9.59 Å². The van der Waals surface area contributed by atoms with Gasteiger partial charge < -0.3 is 19.6 Å². The number of pyridine rings is 1. The highest BCUT2D eigenvalue weighted by molar-refractivity contribution is 6.31. The van der Waals surface area contributed by atoms with Crippen LogP contribution in [0.1, 0.15) is 42.1 Å². The second-order valence-corrected chi connectivity index (χ2v) is 10.3. The number of hydrogen-bond acceptors (Lipinski definition) is 5. The Morgan fingerprint density at radius 2 is 1.86 bits per heavy atom. The zero-order valence-corrected chi connectivity index (χ0v) is 20.2. The molecule has 7 rings (SSSR count). The van der Waals surface area contributed by atoms with Crippen LogP contribution in [0.3, 0.4) is 0 Å². The maximum atomic E-state index is 13.1. The molecular weight excluding hydrogens is 468 g/mol. The summed E-state index contributed by atoms with van der Waals surface area (Å²) >= 11 is 6.19. The lowest BCUT2D eigenvalue weighted by Gasteiger charge is -2.47. The highest BCUT2D eigenvalue weighted by Crippen LogP contribution is 2.52. The first-order valence-electron chi connectivity index (χ1n) is 11.8. The maximum absolute atomic E-state index is 13.1. The largest absolute Gasteiger partial charge is 0.481 e. The van der Waals surface area contributed by atoms with Gasteiger partial charge in [0.05, 0.1) is 27.9 Å². The molecule has 0 aromatic carbocycles. The highest BCUT2D eigenvalue weighted by atomic mass is 35.5. The number of carboxylic acids is 1. The number of aromatic amines is 1. The first kappa shape index (κ1) is 22.0. The molecule has 2 atom stereocenters. The zero-order chi connectivity index (χ0) is 24.4. The molecular formula is C25H25ClN6O3. The first-order chi connectivity index (χ1) is 16.8. The van der Waals surface area contributed by atoms with Gasteiger partial charge in [-0.25, -0.2) is 15.0 Å². The normalized spacial score (nSPS) is 23.7. The molecule has 0 radical (unpaired) electrons. The fourth-order valence-electron chi connectivity index (χ4n) is 6.13. The van der Waals surface area contributed by atoms with Crippen molar-refractivity contribution in [2.75, 3.05) is 14.1 Å². The van der Waals surface area contributed by atoms with Crippen molar-refractivity contribution in [3.8, 4) is 11.4 Å². The van der Waals surface area contributed by atoms with Crippen molar-refractivity contribution in [3.05, 3.63) is 41.4 Å². The van der Waals surface area contributed by atoms with Gasteiger partial charge in [0, 0.05) is 49.8 Å². The number of fused-ring (bicyclic) bond motifs is 5. The van der Waals surface area contributed by atoms with Gasteiger partial charge in [-0.2, -0.15) is 0 Å². The van der Waals surface area contributed by atoms with E-state index in [1.165, 1.54) is 4.90 Å². The van der Waals surface area contributed by atoms with Crippen LogP contribution in [0, 0.1) is 17.8 Å². The Morgan fingerprint density at radius 3 is 2.57 bits per heavy atom. The van der Waals surface area contributed by atoms with E-state index in [1.54, 1.807) is 38.9 Å². The van der Waals surface area contributed by atoms with Crippen molar-refractivity contribution in [2.24, 2.45) is 17.8 Å². The van der Waals surface area contributed by atoms with Gasteiger partial charge in [0.15, 0.2) is 5.82 Å². The number of nitrogens with zero attached hydrogens (tertiary/aromatic N) is 5. The Hall–Kier alpha value is -3.46. The predicted octanol–water partition coefficient (Wildman–Crippen LogP) is 4.39. The van der Waals surface area contributed by atoms with Crippen LogP contribution in [0.25, 0.3) is 33.5 Å². The number of amides is 1. The lowest BCUT2D eigenvalue weighted by atomic mass is 9.61. The van der Waals surface area contributed by atoms with Crippen molar-refractivity contribution in [1.29, 1.82) is 0 Å². The molecule has 2 bridgehead atoms. The number of hydrogen-bond donors (Lipinski definition) is 2. The molecule has 180 valence electrons. The lowest BCUT2D eigenvalue weighted by Crippen LogP contribution is -2.45. The number of aliphatic carboxylic acids is 1. The van der Waals surface area contributed by atoms with E-state index < -0.39 is 11.9 Å². The van der Waals surface area contributed by atoms with Crippen LogP contribution in [0.15, 0.2) is 30.9 Å². The molecule has 0 saturated heterocycles. The van der Waals surface area contributed by atoms with Gasteiger partial charge in [-0.05, 0) is 43.6 Å². The molecule has 9 nitrogen and oxygen atoms in total. The molecule has 1 amide bonds. The Bertz CT molecular complexity index is 1480. The number of halogens is 1. The molecule has 35 heavy (non-hydrogen) atoms. The third-order valence-electron chi connectivity index (χ3n) is 7.73. The Morgan fingerprint density at radius 1 is 1.11 bits per heavy atom. The highest BCUT2D eigenvalue weighted by Gasteiger charge is 2.48. The number of H-pyrrole nitrogens is 1. The Kier molecular flexibility index (Phi) is 5.07. The summed E-state index contributed by atoms with van der Waals surface area (Å²) < 4.78 is 1.95. The standard InChI is InChI=1S/C25H25ClN6O3/c1-31(2)24(33)18-11-32(20-13-5-3-12(4-6-13)19(20)25(34)35)23-17(18)10-29-22(30-23)16-9-28-21-15(16)7-14(26)8-27-21/h7-13,19-20H,3-6H2,1-2H3,(H,27,28)(H,34,35)/t12?,13?,19-,20-/m1/s1. The number of aromatic nitrogens is 5. The summed E-state index contributed by atoms with van der Waals surface area (Å²) in [5, 5.41) is 12.1. The molecule has 10 heteroatoms. The van der Waals surface area contributed by atoms with E-state index in [9.17, 15) is 14.7 Å². The van der Waals surface area contributed by atoms with Crippen LogP contribution < -0.4 is 0 Å². The van der Waals surface area contributed by atoms with Crippen molar-refractivity contribution >= 4 is 45.5 Å². The van der Waals surface area contributed by atoms with E-state index in [1.807, 2.05) is 10.6 Å². The maximum Gasteiger partial charge on any atom is 0.308 e. The summed E-state index contributed by atoms with van der Waals surface area (Å²) in [6.45, 7) is 0. The summed E-state index contributed by atoms with van der Waals surface area (Å²) in [6.07, 6.45) is 10.7. The number of carbonyl (C=O) groups excluding carboxylic acids is 1. The van der Waals surface area contributed by atoms with E-state index in [-0.39, 0.29) is 23.8 Å². The summed E-state index contributed by atoms with van der Waals surface area (Å²) in [5.74, 6) is -0.622. The molecule has 0 spiro atoms. The van der Waals surface area contributed by atoms with Gasteiger partial charge in [0.1, 0.15) is 11.3 Å². The number of carboxylic acid groups (broad SMARTS) is 1. The Balaban J connectivity index is 1.58.